The molecule has 2 N–H and O–H groups in total. The first-order chi connectivity index (χ1) is 13.7. The topological polar surface area (TPSA) is 89.0 Å². The molecule has 0 heterocycles. The summed E-state index contributed by atoms with van der Waals surface area (Å²) in [6.07, 6.45) is 4.75. The van der Waals surface area contributed by atoms with Crippen molar-refractivity contribution in [3.05, 3.63) is 23.8 Å². The van der Waals surface area contributed by atoms with E-state index in [0.717, 1.165) is 29.9 Å². The molecule has 0 amide bonds. The highest BCUT2D eigenvalue weighted by Gasteiger charge is 2.28. The Kier molecular flexibility index (Phi) is 10.7. The number of halogens is 1. The van der Waals surface area contributed by atoms with Crippen LogP contribution in [0.2, 0.25) is 0 Å². The third-order valence-electron chi connectivity index (χ3n) is 5.13. The van der Waals surface area contributed by atoms with E-state index in [1.165, 1.54) is 12.8 Å². The summed E-state index contributed by atoms with van der Waals surface area (Å²) in [5, 5.41) is 6.31. The lowest BCUT2D eigenvalue weighted by atomic mass is 10.1. The van der Waals surface area contributed by atoms with E-state index in [2.05, 4.69) is 15.6 Å². The average molecular weight is 554 g/mol. The van der Waals surface area contributed by atoms with Gasteiger partial charge < -0.3 is 20.1 Å². The molecule has 1 fully saturated rings. The zero-order chi connectivity index (χ0) is 21.5. The van der Waals surface area contributed by atoms with Crippen LogP contribution >= 0.6 is 24.0 Å². The largest absolute Gasteiger partial charge is 0.493 e. The normalized spacial score (nSPS) is 15.4. The Morgan fingerprint density at radius 1 is 1.20 bits per heavy atom. The monoisotopic (exact) mass is 553 g/mol. The Balaban J connectivity index is 0.00000450. The third kappa shape index (κ3) is 7.47. The van der Waals surface area contributed by atoms with Gasteiger partial charge >= 0.3 is 0 Å². The van der Waals surface area contributed by atoms with E-state index in [1.54, 1.807) is 34.9 Å². The molecule has 172 valence electrons. The average Bonchev–Trinajstić information content (AvgIpc) is 3.17. The lowest BCUT2D eigenvalue weighted by molar-refractivity contribution is 0.198. The van der Waals surface area contributed by atoms with E-state index < -0.39 is 14.6 Å². The molecule has 30 heavy (non-hydrogen) atoms. The first-order valence-corrected chi connectivity index (χ1v) is 11.8. The van der Waals surface area contributed by atoms with E-state index >= 15 is 0 Å². The fourth-order valence-corrected chi connectivity index (χ4v) is 4.16. The number of methoxy groups -OCH3 is 1. The van der Waals surface area contributed by atoms with Crippen molar-refractivity contribution < 1.29 is 17.9 Å². The van der Waals surface area contributed by atoms with Gasteiger partial charge in [-0.15, -0.1) is 24.0 Å². The molecule has 1 aliphatic rings. The maximum absolute atomic E-state index is 12.3. The molecule has 0 bridgehead atoms. The first kappa shape index (κ1) is 26.8. The second-order valence-electron chi connectivity index (χ2n) is 8.26. The number of para-hydroxylation sites is 1. The van der Waals surface area contributed by atoms with Gasteiger partial charge in [-0.3, -0.25) is 4.99 Å². The molecule has 1 saturated carbocycles. The number of benzene rings is 1. The number of nitrogens with zero attached hydrogens (tertiary/aromatic N) is 1. The van der Waals surface area contributed by atoms with Crippen LogP contribution < -0.4 is 20.1 Å². The summed E-state index contributed by atoms with van der Waals surface area (Å²) in [6, 6.07) is 5.83. The number of sulfone groups is 1. The van der Waals surface area contributed by atoms with E-state index in [0.29, 0.717) is 19.0 Å². The molecular weight excluding hydrogens is 517 g/mol. The van der Waals surface area contributed by atoms with Crippen LogP contribution in [0.15, 0.2) is 23.2 Å². The highest BCUT2D eigenvalue weighted by molar-refractivity contribution is 14.0. The molecule has 7 nitrogen and oxygen atoms in total. The number of hydrogen-bond donors (Lipinski definition) is 2. The van der Waals surface area contributed by atoms with Gasteiger partial charge in [-0.1, -0.05) is 12.1 Å². The molecule has 0 aromatic heterocycles. The Morgan fingerprint density at radius 3 is 2.43 bits per heavy atom. The van der Waals surface area contributed by atoms with Crippen LogP contribution in [0.25, 0.3) is 0 Å². The number of hydrogen-bond acceptors (Lipinski definition) is 5. The van der Waals surface area contributed by atoms with Gasteiger partial charge in [0.1, 0.15) is 0 Å². The number of ether oxygens (including phenoxy) is 2. The van der Waals surface area contributed by atoms with Gasteiger partial charge in [0.2, 0.25) is 0 Å². The van der Waals surface area contributed by atoms with Gasteiger partial charge in [-0.25, -0.2) is 8.42 Å². The van der Waals surface area contributed by atoms with Crippen LogP contribution in [0.1, 0.15) is 52.0 Å². The number of guanidine groups is 1. The molecule has 0 spiro atoms. The molecular formula is C21H36IN3O4S. The SMILES string of the molecule is CN=C(NCCS(=O)(=O)C(C)(C)C)NCc1cccc(OC)c1OC1CCCC1.I. The second-order valence-corrected chi connectivity index (χ2v) is 11.1. The molecule has 1 aromatic carbocycles. The van der Waals surface area contributed by atoms with Crippen molar-refractivity contribution in [1.29, 1.82) is 0 Å². The molecule has 9 heteroatoms. The van der Waals surface area contributed by atoms with E-state index in [9.17, 15) is 8.42 Å². The maximum atomic E-state index is 12.3. The predicted octanol–water partition coefficient (Wildman–Crippen LogP) is 3.51. The van der Waals surface area contributed by atoms with Crippen molar-refractivity contribution in [1.82, 2.24) is 10.6 Å². The van der Waals surface area contributed by atoms with Gasteiger partial charge in [0.05, 0.1) is 23.7 Å². The molecule has 1 aromatic rings. The highest BCUT2D eigenvalue weighted by atomic mass is 127. The number of nitrogens with one attached hydrogen (secondary N) is 2. The quantitative estimate of drug-likeness (QED) is 0.291. The summed E-state index contributed by atoms with van der Waals surface area (Å²) in [6.45, 7) is 5.92. The first-order valence-electron chi connectivity index (χ1n) is 10.2. The van der Waals surface area contributed by atoms with Crippen LogP contribution in [0.3, 0.4) is 0 Å². The molecule has 1 aliphatic carbocycles. The van der Waals surface area contributed by atoms with E-state index in [-0.39, 0.29) is 35.8 Å². The second kappa shape index (κ2) is 12.0. The number of rotatable bonds is 8. The zero-order valence-electron chi connectivity index (χ0n) is 18.7. The summed E-state index contributed by atoms with van der Waals surface area (Å²) in [5.41, 5.74) is 0.974. The molecule has 2 rings (SSSR count). The lowest BCUT2D eigenvalue weighted by Crippen LogP contribution is -2.41. The van der Waals surface area contributed by atoms with Crippen molar-refractivity contribution in [2.24, 2.45) is 4.99 Å². The summed E-state index contributed by atoms with van der Waals surface area (Å²) in [5.74, 6) is 2.08. The minimum absolute atomic E-state index is 0. The number of aliphatic imine (C=N–C) groups is 1. The standard InChI is InChI=1S/C21H35N3O4S.HI/c1-21(2,3)29(25,26)14-13-23-20(22-4)24-15-16-9-8-12-18(27-5)19(16)28-17-10-6-7-11-17;/h8-9,12,17H,6-7,10-11,13-15H2,1-5H3,(H2,22,23,24);1H. The summed E-state index contributed by atoms with van der Waals surface area (Å²) >= 11 is 0. The minimum Gasteiger partial charge on any atom is -0.493 e. The van der Waals surface area contributed by atoms with Crippen molar-refractivity contribution in [3.63, 3.8) is 0 Å². The molecule has 0 saturated heterocycles. The third-order valence-corrected chi connectivity index (χ3v) is 7.74. The molecule has 0 unspecified atom stereocenters. The molecule has 0 atom stereocenters. The smallest absolute Gasteiger partial charge is 0.191 e. The summed E-state index contributed by atoms with van der Waals surface area (Å²) < 4.78 is 35.5. The van der Waals surface area contributed by atoms with Crippen molar-refractivity contribution in [3.8, 4) is 11.5 Å². The van der Waals surface area contributed by atoms with E-state index in [4.69, 9.17) is 9.47 Å². The Bertz CT molecular complexity index is 801. The minimum atomic E-state index is -3.18. The van der Waals surface area contributed by atoms with E-state index in [1.807, 2.05) is 18.2 Å². The fraction of sp³-hybridized carbons (Fsp3) is 0.667. The lowest BCUT2D eigenvalue weighted by Gasteiger charge is -2.21. The van der Waals surface area contributed by atoms with Gasteiger partial charge in [0.25, 0.3) is 0 Å². The van der Waals surface area contributed by atoms with Gasteiger partial charge in [0, 0.05) is 25.7 Å². The van der Waals surface area contributed by atoms with Crippen molar-refractivity contribution in [2.75, 3.05) is 26.5 Å². The Labute approximate surface area is 198 Å². The van der Waals surface area contributed by atoms with Crippen molar-refractivity contribution in [2.45, 2.75) is 63.9 Å². The summed E-state index contributed by atoms with van der Waals surface area (Å²) in [7, 11) is 0.125. The van der Waals surface area contributed by atoms with Crippen molar-refractivity contribution >= 4 is 39.8 Å². The maximum Gasteiger partial charge on any atom is 0.191 e. The van der Waals surface area contributed by atoms with Gasteiger partial charge in [0.15, 0.2) is 27.3 Å². The van der Waals surface area contributed by atoms with Crippen LogP contribution in [0.5, 0.6) is 11.5 Å². The van der Waals surface area contributed by atoms with Crippen LogP contribution in [-0.4, -0.2) is 51.7 Å². The van der Waals surface area contributed by atoms with Gasteiger partial charge in [-0.2, -0.15) is 0 Å². The predicted molar refractivity (Wildman–Crippen MR) is 133 cm³/mol. The fourth-order valence-electron chi connectivity index (χ4n) is 3.18. The summed E-state index contributed by atoms with van der Waals surface area (Å²) in [4.78, 5) is 4.19. The van der Waals surface area contributed by atoms with Crippen LogP contribution in [0.4, 0.5) is 0 Å². The van der Waals surface area contributed by atoms with Crippen LogP contribution in [-0.2, 0) is 16.4 Å². The zero-order valence-corrected chi connectivity index (χ0v) is 21.8. The van der Waals surface area contributed by atoms with Crippen LogP contribution in [0, 0.1) is 0 Å². The highest BCUT2D eigenvalue weighted by Crippen LogP contribution is 2.34. The Morgan fingerprint density at radius 2 is 1.87 bits per heavy atom. The molecule has 0 radical (unpaired) electrons. The Hall–Kier alpha value is -1.23. The van der Waals surface area contributed by atoms with Gasteiger partial charge in [-0.05, 0) is 52.5 Å². The molecule has 0 aliphatic heterocycles.